The zero-order valence-electron chi connectivity index (χ0n) is 18.6. The number of aromatic nitrogens is 1. The van der Waals surface area contributed by atoms with E-state index >= 15 is 0 Å². The first kappa shape index (κ1) is 21.9. The summed E-state index contributed by atoms with van der Waals surface area (Å²) in [6.07, 6.45) is 0.718. The predicted octanol–water partition coefficient (Wildman–Crippen LogP) is 4.03. The van der Waals surface area contributed by atoms with Crippen molar-refractivity contribution in [3.05, 3.63) is 65.7 Å². The maximum atomic E-state index is 13.5. The number of nitrogens with zero attached hydrogens (tertiary/aromatic N) is 3. The summed E-state index contributed by atoms with van der Waals surface area (Å²) in [6.45, 7) is 5.68. The van der Waals surface area contributed by atoms with Gasteiger partial charge < -0.3 is 23.8 Å². The van der Waals surface area contributed by atoms with Crippen LogP contribution in [0.4, 0.5) is 5.82 Å². The van der Waals surface area contributed by atoms with E-state index in [9.17, 15) is 4.79 Å². The molecule has 1 aromatic heterocycles. The van der Waals surface area contributed by atoms with Crippen LogP contribution >= 0.6 is 0 Å². The van der Waals surface area contributed by atoms with Gasteiger partial charge in [-0.2, -0.15) is 0 Å². The molecule has 0 bridgehead atoms. The Labute approximate surface area is 188 Å². The lowest BCUT2D eigenvalue weighted by atomic mass is 10.1. The summed E-state index contributed by atoms with van der Waals surface area (Å²) in [5.41, 5.74) is 2.43. The van der Waals surface area contributed by atoms with Gasteiger partial charge in [-0.3, -0.25) is 4.79 Å². The maximum Gasteiger partial charge on any atom is 0.261 e. The molecule has 1 aliphatic heterocycles. The standard InChI is InChI=1S/C25H29N3O4/c1-19-9-6-7-12-21(19)31-16-8-13-27(2)25(29)22-23(20-10-4-3-5-11-20)32-26-24(22)28-14-17-30-18-15-28/h3-7,9-12H,8,13-18H2,1-2H3. The molecule has 168 valence electrons. The van der Waals surface area contributed by atoms with Crippen LogP contribution < -0.4 is 9.64 Å². The molecular formula is C25H29N3O4. The third-order valence-electron chi connectivity index (χ3n) is 5.57. The monoisotopic (exact) mass is 435 g/mol. The summed E-state index contributed by atoms with van der Waals surface area (Å²) in [5, 5.41) is 4.29. The first-order valence-electron chi connectivity index (χ1n) is 11.0. The second kappa shape index (κ2) is 10.3. The fourth-order valence-electron chi connectivity index (χ4n) is 3.75. The Morgan fingerprint density at radius 1 is 1.09 bits per heavy atom. The Kier molecular flexibility index (Phi) is 7.07. The van der Waals surface area contributed by atoms with E-state index in [0.29, 0.717) is 56.6 Å². The second-order valence-electron chi connectivity index (χ2n) is 7.87. The zero-order valence-corrected chi connectivity index (χ0v) is 18.6. The number of ether oxygens (including phenoxy) is 2. The van der Waals surface area contributed by atoms with Crippen LogP contribution in [0.2, 0.25) is 0 Å². The molecular weight excluding hydrogens is 406 g/mol. The number of rotatable bonds is 8. The van der Waals surface area contributed by atoms with Gasteiger partial charge in [0.2, 0.25) is 0 Å². The van der Waals surface area contributed by atoms with Crippen molar-refractivity contribution in [1.29, 1.82) is 0 Å². The van der Waals surface area contributed by atoms with Gasteiger partial charge >= 0.3 is 0 Å². The first-order valence-corrected chi connectivity index (χ1v) is 11.0. The second-order valence-corrected chi connectivity index (χ2v) is 7.87. The Morgan fingerprint density at radius 2 is 1.81 bits per heavy atom. The number of morpholine rings is 1. The van der Waals surface area contributed by atoms with Crippen molar-refractivity contribution < 1.29 is 18.8 Å². The molecule has 1 saturated heterocycles. The van der Waals surface area contributed by atoms with Gasteiger partial charge in [-0.05, 0) is 25.0 Å². The lowest BCUT2D eigenvalue weighted by molar-refractivity contribution is 0.0787. The largest absolute Gasteiger partial charge is 0.493 e. The molecule has 0 radical (unpaired) electrons. The van der Waals surface area contributed by atoms with E-state index in [1.54, 1.807) is 11.9 Å². The molecule has 0 aliphatic carbocycles. The quantitative estimate of drug-likeness (QED) is 0.498. The Bertz CT molecular complexity index is 1030. The van der Waals surface area contributed by atoms with E-state index < -0.39 is 0 Å². The van der Waals surface area contributed by atoms with Gasteiger partial charge in [0.05, 0.1) is 19.8 Å². The number of anilines is 1. The molecule has 2 aromatic carbocycles. The zero-order chi connectivity index (χ0) is 22.3. The van der Waals surface area contributed by atoms with E-state index in [-0.39, 0.29) is 5.91 Å². The summed E-state index contributed by atoms with van der Waals surface area (Å²) in [6, 6.07) is 17.6. The Balaban J connectivity index is 1.48. The minimum atomic E-state index is -0.109. The number of carbonyl (C=O) groups is 1. The molecule has 2 heterocycles. The molecule has 0 atom stereocenters. The van der Waals surface area contributed by atoms with Crippen molar-refractivity contribution >= 4 is 11.7 Å². The molecule has 1 amide bonds. The van der Waals surface area contributed by atoms with Gasteiger partial charge in [-0.15, -0.1) is 0 Å². The highest BCUT2D eigenvalue weighted by molar-refractivity contribution is 6.04. The van der Waals surface area contributed by atoms with Crippen molar-refractivity contribution in [2.45, 2.75) is 13.3 Å². The molecule has 7 nitrogen and oxygen atoms in total. The van der Waals surface area contributed by atoms with Gasteiger partial charge in [0, 0.05) is 32.2 Å². The number of amides is 1. The SMILES string of the molecule is Cc1ccccc1OCCCN(C)C(=O)c1c(N2CCOCC2)noc1-c1ccccc1. The van der Waals surface area contributed by atoms with Crippen molar-refractivity contribution in [3.63, 3.8) is 0 Å². The van der Waals surface area contributed by atoms with E-state index in [4.69, 9.17) is 14.0 Å². The molecule has 0 unspecified atom stereocenters. The molecule has 0 saturated carbocycles. The highest BCUT2D eigenvalue weighted by Gasteiger charge is 2.30. The molecule has 0 N–H and O–H groups in total. The maximum absolute atomic E-state index is 13.5. The summed E-state index contributed by atoms with van der Waals surface area (Å²) in [5.74, 6) is 1.85. The summed E-state index contributed by atoms with van der Waals surface area (Å²) in [4.78, 5) is 17.3. The average molecular weight is 436 g/mol. The van der Waals surface area contributed by atoms with Gasteiger partial charge in [0.1, 0.15) is 11.3 Å². The normalized spacial score (nSPS) is 13.8. The van der Waals surface area contributed by atoms with Gasteiger partial charge in [-0.1, -0.05) is 53.7 Å². The third-order valence-corrected chi connectivity index (χ3v) is 5.57. The van der Waals surface area contributed by atoms with Crippen molar-refractivity contribution in [2.75, 3.05) is 51.4 Å². The molecule has 7 heteroatoms. The predicted molar refractivity (Wildman–Crippen MR) is 123 cm³/mol. The summed E-state index contributed by atoms with van der Waals surface area (Å²) in [7, 11) is 1.81. The minimum Gasteiger partial charge on any atom is -0.493 e. The van der Waals surface area contributed by atoms with Crippen molar-refractivity contribution in [3.8, 4) is 17.1 Å². The Hall–Kier alpha value is -3.32. The van der Waals surface area contributed by atoms with Crippen LogP contribution in [0, 0.1) is 6.92 Å². The number of carbonyl (C=O) groups excluding carboxylic acids is 1. The van der Waals surface area contributed by atoms with Crippen LogP contribution in [0.3, 0.4) is 0 Å². The van der Waals surface area contributed by atoms with Crippen LogP contribution in [0.15, 0.2) is 59.1 Å². The molecule has 32 heavy (non-hydrogen) atoms. The van der Waals surface area contributed by atoms with Crippen molar-refractivity contribution in [1.82, 2.24) is 10.1 Å². The smallest absolute Gasteiger partial charge is 0.261 e. The third kappa shape index (κ3) is 4.94. The molecule has 3 aromatic rings. The van der Waals surface area contributed by atoms with Crippen LogP contribution in [0.5, 0.6) is 5.75 Å². The fraction of sp³-hybridized carbons (Fsp3) is 0.360. The summed E-state index contributed by atoms with van der Waals surface area (Å²) < 4.78 is 17.0. The van der Waals surface area contributed by atoms with E-state index in [1.165, 1.54) is 0 Å². The van der Waals surface area contributed by atoms with Crippen LogP contribution in [0.1, 0.15) is 22.3 Å². The molecule has 1 fully saturated rings. The van der Waals surface area contributed by atoms with Crippen molar-refractivity contribution in [2.24, 2.45) is 0 Å². The molecule has 1 aliphatic rings. The number of para-hydroxylation sites is 1. The molecule has 0 spiro atoms. The lowest BCUT2D eigenvalue weighted by Gasteiger charge is -2.27. The van der Waals surface area contributed by atoms with Gasteiger partial charge in [0.15, 0.2) is 11.6 Å². The summed E-state index contributed by atoms with van der Waals surface area (Å²) >= 11 is 0. The first-order chi connectivity index (χ1) is 15.6. The highest BCUT2D eigenvalue weighted by atomic mass is 16.5. The van der Waals surface area contributed by atoms with E-state index in [1.807, 2.05) is 61.5 Å². The lowest BCUT2D eigenvalue weighted by Crippen LogP contribution is -2.38. The van der Waals surface area contributed by atoms with E-state index in [2.05, 4.69) is 10.1 Å². The fourth-order valence-corrected chi connectivity index (χ4v) is 3.75. The van der Waals surface area contributed by atoms with Gasteiger partial charge in [-0.25, -0.2) is 0 Å². The number of aryl methyl sites for hydroxylation is 1. The van der Waals surface area contributed by atoms with Gasteiger partial charge in [0.25, 0.3) is 5.91 Å². The van der Waals surface area contributed by atoms with E-state index in [0.717, 1.165) is 23.3 Å². The van der Waals surface area contributed by atoms with Crippen LogP contribution in [0.25, 0.3) is 11.3 Å². The average Bonchev–Trinajstić information content (AvgIpc) is 3.28. The van der Waals surface area contributed by atoms with Crippen LogP contribution in [-0.4, -0.2) is 62.5 Å². The number of hydrogen-bond donors (Lipinski definition) is 0. The van der Waals surface area contributed by atoms with Crippen LogP contribution in [-0.2, 0) is 4.74 Å². The molecule has 4 rings (SSSR count). The minimum absolute atomic E-state index is 0.109. The topological polar surface area (TPSA) is 68.0 Å². The Morgan fingerprint density at radius 3 is 2.56 bits per heavy atom. The highest BCUT2D eigenvalue weighted by Crippen LogP contribution is 2.32. The number of hydrogen-bond acceptors (Lipinski definition) is 6. The number of benzene rings is 2.